The lowest BCUT2D eigenvalue weighted by atomic mass is 9.92. The van der Waals surface area contributed by atoms with E-state index < -0.39 is 0 Å². The first-order valence-corrected chi connectivity index (χ1v) is 5.59. The van der Waals surface area contributed by atoms with Gasteiger partial charge in [0.25, 0.3) is 0 Å². The number of aliphatic hydroxyl groups excluding tert-OH is 1. The van der Waals surface area contributed by atoms with Crippen molar-refractivity contribution in [1.29, 1.82) is 0 Å². The van der Waals surface area contributed by atoms with Gasteiger partial charge in [-0.25, -0.2) is 0 Å². The zero-order chi connectivity index (χ0) is 10.7. The third kappa shape index (κ3) is 2.79. The van der Waals surface area contributed by atoms with Gasteiger partial charge in [0.2, 0.25) is 0 Å². The molecule has 0 bridgehead atoms. The van der Waals surface area contributed by atoms with Crippen LogP contribution in [0.25, 0.3) is 0 Å². The molecule has 0 amide bonds. The van der Waals surface area contributed by atoms with Crippen molar-refractivity contribution in [2.24, 2.45) is 0 Å². The van der Waals surface area contributed by atoms with Gasteiger partial charge in [0.15, 0.2) is 5.76 Å². The van der Waals surface area contributed by atoms with Crippen LogP contribution in [0.4, 0.5) is 0 Å². The second kappa shape index (κ2) is 4.77. The van der Waals surface area contributed by atoms with Crippen molar-refractivity contribution in [2.45, 2.75) is 51.3 Å². The van der Waals surface area contributed by atoms with Gasteiger partial charge < -0.3 is 14.9 Å². The Kier molecular flexibility index (Phi) is 3.38. The molecule has 2 N–H and O–H groups in total. The molecule has 0 aliphatic heterocycles. The normalized spacial score (nSPS) is 26.8. The van der Waals surface area contributed by atoms with Crippen LogP contribution in [0.2, 0.25) is 0 Å². The highest BCUT2D eigenvalue weighted by molar-refractivity contribution is 5.03. The van der Waals surface area contributed by atoms with Crippen molar-refractivity contribution in [3.8, 4) is 0 Å². The molecule has 1 aliphatic carbocycles. The van der Waals surface area contributed by atoms with Crippen LogP contribution in [-0.4, -0.2) is 22.4 Å². The molecule has 4 nitrogen and oxygen atoms in total. The van der Waals surface area contributed by atoms with Crippen molar-refractivity contribution < 1.29 is 9.63 Å². The van der Waals surface area contributed by atoms with Crippen LogP contribution in [0.5, 0.6) is 0 Å². The molecule has 2 unspecified atom stereocenters. The number of aromatic nitrogens is 1. The molecule has 1 saturated carbocycles. The average molecular weight is 210 g/mol. The van der Waals surface area contributed by atoms with E-state index in [2.05, 4.69) is 10.5 Å². The fourth-order valence-corrected chi connectivity index (χ4v) is 2.08. The maximum absolute atomic E-state index is 9.74. The molecule has 0 aromatic carbocycles. The second-order valence-electron chi connectivity index (χ2n) is 4.27. The smallest absolute Gasteiger partial charge is 0.150 e. The van der Waals surface area contributed by atoms with Crippen LogP contribution in [0.1, 0.15) is 37.1 Å². The van der Waals surface area contributed by atoms with Gasteiger partial charge in [-0.3, -0.25) is 0 Å². The molecule has 84 valence electrons. The molecule has 0 radical (unpaired) electrons. The first-order valence-electron chi connectivity index (χ1n) is 5.59. The van der Waals surface area contributed by atoms with Gasteiger partial charge in [-0.05, 0) is 19.8 Å². The van der Waals surface area contributed by atoms with E-state index in [4.69, 9.17) is 4.52 Å². The largest absolute Gasteiger partial charge is 0.392 e. The maximum Gasteiger partial charge on any atom is 0.150 e. The monoisotopic (exact) mass is 210 g/mol. The van der Waals surface area contributed by atoms with E-state index in [1.807, 2.05) is 13.0 Å². The second-order valence-corrected chi connectivity index (χ2v) is 4.27. The predicted molar refractivity (Wildman–Crippen MR) is 56.3 cm³/mol. The zero-order valence-corrected chi connectivity index (χ0v) is 9.07. The summed E-state index contributed by atoms with van der Waals surface area (Å²) < 4.78 is 5.10. The topological polar surface area (TPSA) is 58.3 Å². The third-order valence-corrected chi connectivity index (χ3v) is 2.94. The molecule has 1 fully saturated rings. The van der Waals surface area contributed by atoms with Crippen molar-refractivity contribution in [2.75, 3.05) is 0 Å². The minimum Gasteiger partial charge on any atom is -0.392 e. The van der Waals surface area contributed by atoms with Crippen LogP contribution in [0.15, 0.2) is 10.6 Å². The number of hydrogen-bond donors (Lipinski definition) is 2. The fraction of sp³-hybridized carbons (Fsp3) is 0.727. The third-order valence-electron chi connectivity index (χ3n) is 2.94. The van der Waals surface area contributed by atoms with Gasteiger partial charge in [-0.1, -0.05) is 18.0 Å². The SMILES string of the molecule is Cc1cc(CNC2CCCCC2O)on1. The van der Waals surface area contributed by atoms with Gasteiger partial charge in [-0.15, -0.1) is 0 Å². The molecule has 0 saturated heterocycles. The number of aliphatic hydroxyl groups is 1. The van der Waals surface area contributed by atoms with E-state index in [0.717, 1.165) is 30.7 Å². The lowest BCUT2D eigenvalue weighted by Gasteiger charge is -2.28. The minimum absolute atomic E-state index is 0.206. The molecule has 1 heterocycles. The molecule has 1 aliphatic rings. The Morgan fingerprint density at radius 3 is 3.00 bits per heavy atom. The van der Waals surface area contributed by atoms with E-state index in [9.17, 15) is 5.11 Å². The summed E-state index contributed by atoms with van der Waals surface area (Å²) in [6.07, 6.45) is 4.09. The summed E-state index contributed by atoms with van der Waals surface area (Å²) in [4.78, 5) is 0. The van der Waals surface area contributed by atoms with Gasteiger partial charge in [-0.2, -0.15) is 0 Å². The quantitative estimate of drug-likeness (QED) is 0.791. The number of aryl methyl sites for hydroxylation is 1. The van der Waals surface area contributed by atoms with Crippen molar-refractivity contribution in [1.82, 2.24) is 10.5 Å². The molecular weight excluding hydrogens is 192 g/mol. The van der Waals surface area contributed by atoms with Crippen LogP contribution in [0, 0.1) is 6.92 Å². The van der Waals surface area contributed by atoms with Crippen LogP contribution in [-0.2, 0) is 6.54 Å². The van der Waals surface area contributed by atoms with E-state index >= 15 is 0 Å². The van der Waals surface area contributed by atoms with E-state index in [0.29, 0.717) is 6.54 Å². The Labute approximate surface area is 89.7 Å². The molecule has 4 heteroatoms. The standard InChI is InChI=1S/C11H18N2O2/c1-8-6-9(15-13-8)7-12-10-4-2-3-5-11(10)14/h6,10-12,14H,2-5,7H2,1H3. The Morgan fingerprint density at radius 1 is 1.53 bits per heavy atom. The van der Waals surface area contributed by atoms with E-state index in [1.54, 1.807) is 0 Å². The van der Waals surface area contributed by atoms with E-state index in [1.165, 1.54) is 6.42 Å². The summed E-state index contributed by atoms with van der Waals surface area (Å²) in [7, 11) is 0. The zero-order valence-electron chi connectivity index (χ0n) is 9.07. The maximum atomic E-state index is 9.74. The highest BCUT2D eigenvalue weighted by Crippen LogP contribution is 2.18. The van der Waals surface area contributed by atoms with Crippen molar-refractivity contribution in [3.05, 3.63) is 17.5 Å². The highest BCUT2D eigenvalue weighted by atomic mass is 16.5. The van der Waals surface area contributed by atoms with Gasteiger partial charge in [0, 0.05) is 12.1 Å². The average Bonchev–Trinajstić information content (AvgIpc) is 2.63. The lowest BCUT2D eigenvalue weighted by Crippen LogP contribution is -2.41. The van der Waals surface area contributed by atoms with Crippen LogP contribution < -0.4 is 5.32 Å². The number of hydrogen-bond acceptors (Lipinski definition) is 4. The summed E-state index contributed by atoms with van der Waals surface area (Å²) in [6.45, 7) is 2.56. The molecule has 2 rings (SSSR count). The molecule has 2 atom stereocenters. The Balaban J connectivity index is 1.81. The number of rotatable bonds is 3. The van der Waals surface area contributed by atoms with Gasteiger partial charge in [0.05, 0.1) is 18.3 Å². The first-order chi connectivity index (χ1) is 7.25. The first kappa shape index (κ1) is 10.6. The van der Waals surface area contributed by atoms with Gasteiger partial charge >= 0.3 is 0 Å². The summed E-state index contributed by atoms with van der Waals surface area (Å²) in [5.74, 6) is 0.838. The van der Waals surface area contributed by atoms with E-state index in [-0.39, 0.29) is 12.1 Å². The minimum atomic E-state index is -0.206. The molecular formula is C11H18N2O2. The molecule has 15 heavy (non-hydrogen) atoms. The summed E-state index contributed by atoms with van der Waals surface area (Å²) >= 11 is 0. The van der Waals surface area contributed by atoms with Crippen LogP contribution in [0.3, 0.4) is 0 Å². The summed E-state index contributed by atoms with van der Waals surface area (Å²) in [5, 5.41) is 16.9. The molecule has 1 aromatic rings. The predicted octanol–water partition coefficient (Wildman–Crippen LogP) is 1.38. The van der Waals surface area contributed by atoms with Crippen LogP contribution >= 0.6 is 0 Å². The lowest BCUT2D eigenvalue weighted by molar-refractivity contribution is 0.0889. The Morgan fingerprint density at radius 2 is 2.33 bits per heavy atom. The van der Waals surface area contributed by atoms with Gasteiger partial charge in [0.1, 0.15) is 0 Å². The molecule has 1 aromatic heterocycles. The summed E-state index contributed by atoms with van der Waals surface area (Å²) in [6, 6.07) is 2.13. The summed E-state index contributed by atoms with van der Waals surface area (Å²) in [5.41, 5.74) is 0.899. The van der Waals surface area contributed by atoms with Crippen molar-refractivity contribution in [3.63, 3.8) is 0 Å². The Bertz CT molecular complexity index is 311. The Hall–Kier alpha value is -0.870. The molecule has 0 spiro atoms. The number of nitrogens with one attached hydrogen (secondary N) is 1. The number of nitrogens with zero attached hydrogens (tertiary/aromatic N) is 1. The fourth-order valence-electron chi connectivity index (χ4n) is 2.08. The van der Waals surface area contributed by atoms with Crippen molar-refractivity contribution >= 4 is 0 Å². The highest BCUT2D eigenvalue weighted by Gasteiger charge is 2.22.